The molecule has 0 spiro atoms. The van der Waals surface area contributed by atoms with E-state index in [0.29, 0.717) is 0 Å². The Morgan fingerprint density at radius 1 is 0.524 bits per heavy atom. The van der Waals surface area contributed by atoms with Crippen molar-refractivity contribution in [3.63, 3.8) is 0 Å². The van der Waals surface area contributed by atoms with E-state index in [1.807, 2.05) is 6.92 Å². The van der Waals surface area contributed by atoms with Crippen molar-refractivity contribution in [2.75, 3.05) is 6.61 Å². The second kappa shape index (κ2) is 25.4. The van der Waals surface area contributed by atoms with Crippen LogP contribution in [0.1, 0.15) is 104 Å². The summed E-state index contributed by atoms with van der Waals surface area (Å²) in [6.45, 7) is 6.53. The molecule has 0 saturated heterocycles. The van der Waals surface area contributed by atoms with Gasteiger partial charge in [-0.3, -0.25) is 0 Å². The Labute approximate surface area is 142 Å². The monoisotopic (exact) mass is 312 g/mol. The molecule has 0 aromatic carbocycles. The summed E-state index contributed by atoms with van der Waals surface area (Å²) in [5.74, 6) is 0. The molecule has 0 aliphatic carbocycles. The van der Waals surface area contributed by atoms with Crippen molar-refractivity contribution >= 4 is 15.2 Å². The van der Waals surface area contributed by atoms with Crippen molar-refractivity contribution < 1.29 is 5.11 Å². The number of hydrogen-bond donors (Lipinski definition) is 0. The van der Waals surface area contributed by atoms with Crippen LogP contribution >= 0.6 is 0 Å². The van der Waals surface area contributed by atoms with Crippen LogP contribution in [0.3, 0.4) is 0 Å². The molecule has 0 aliphatic rings. The van der Waals surface area contributed by atoms with Crippen LogP contribution in [0.25, 0.3) is 0 Å². The molecule has 0 amide bonds. The predicted molar refractivity (Wildman–Crippen MR) is 97.3 cm³/mol. The van der Waals surface area contributed by atoms with E-state index in [-0.39, 0.29) is 6.61 Å². The van der Waals surface area contributed by atoms with Gasteiger partial charge in [-0.15, -0.1) is 6.61 Å². The third-order valence-corrected chi connectivity index (χ3v) is 5.36. The molecular weight excluding hydrogens is 271 g/mol. The molecule has 0 bridgehead atoms. The van der Waals surface area contributed by atoms with Crippen LogP contribution in [-0.4, -0.2) is 21.8 Å². The van der Waals surface area contributed by atoms with Crippen molar-refractivity contribution in [3.8, 4) is 0 Å². The number of rotatable bonds is 15. The quantitative estimate of drug-likeness (QED) is 0.268. The molecule has 21 heavy (non-hydrogen) atoms. The van der Waals surface area contributed by atoms with E-state index < -0.39 is 0 Å². The molecule has 0 N–H and O–H groups in total. The fourth-order valence-corrected chi connectivity index (χ4v) is 3.73. The summed E-state index contributed by atoms with van der Waals surface area (Å²) >= 11 is 0.794. The number of unbranched alkanes of at least 4 members (excludes halogenated alkanes) is 10. The maximum atomic E-state index is 9.30. The van der Waals surface area contributed by atoms with Crippen LogP contribution in [0.4, 0.5) is 0 Å². The summed E-state index contributed by atoms with van der Waals surface area (Å²) in [5.41, 5.74) is 0. The van der Waals surface area contributed by atoms with E-state index >= 15 is 0 Å². The summed E-state index contributed by atoms with van der Waals surface area (Å²) in [6, 6.07) is 0. The second-order valence-electron chi connectivity index (χ2n) is 6.11. The van der Waals surface area contributed by atoms with Gasteiger partial charge in [-0.2, -0.15) is 0 Å². The third kappa shape index (κ3) is 29.2. The van der Waals surface area contributed by atoms with Gasteiger partial charge in [0.15, 0.2) is 0 Å². The standard InChI is InChI=1S/2C8H17.C3H7O.Al/c2*1-3-5-7-8-6-4-2;1-2-3-4;/h2*1,3-8H2,2H3;2-3H2,1H3;/q;;-1;+1. The van der Waals surface area contributed by atoms with E-state index in [1.165, 1.54) is 77.0 Å². The molecule has 1 nitrogen and oxygen atoms in total. The summed E-state index contributed by atoms with van der Waals surface area (Å²) in [5, 5.41) is 12.4. The van der Waals surface area contributed by atoms with Gasteiger partial charge in [0.2, 0.25) is 0 Å². The first-order valence-corrected chi connectivity index (χ1v) is 11.4. The van der Waals surface area contributed by atoms with Crippen molar-refractivity contribution in [3.05, 3.63) is 0 Å². The van der Waals surface area contributed by atoms with Gasteiger partial charge in [0.05, 0.1) is 0 Å². The fraction of sp³-hybridized carbons (Fsp3) is 1.00. The second-order valence-corrected chi connectivity index (χ2v) is 7.84. The van der Waals surface area contributed by atoms with Gasteiger partial charge in [-0.1, -0.05) is 13.3 Å². The average Bonchev–Trinajstić information content (AvgIpc) is 2.52. The van der Waals surface area contributed by atoms with Crippen LogP contribution in [0, 0.1) is 0 Å². The van der Waals surface area contributed by atoms with E-state index in [1.54, 1.807) is 10.6 Å². The zero-order chi connectivity index (χ0) is 16.0. The zero-order valence-electron chi connectivity index (χ0n) is 15.3. The van der Waals surface area contributed by atoms with Crippen LogP contribution in [0.15, 0.2) is 0 Å². The Kier molecular flexibility index (Phi) is 28.8. The topological polar surface area (TPSA) is 23.1 Å². The molecule has 0 rings (SSSR count). The van der Waals surface area contributed by atoms with Crippen LogP contribution in [-0.2, 0) is 0 Å². The minimum absolute atomic E-state index is 0.0694. The first-order valence-electron chi connectivity index (χ1n) is 9.73. The summed E-state index contributed by atoms with van der Waals surface area (Å²) < 4.78 is 0. The van der Waals surface area contributed by atoms with Gasteiger partial charge in [0.1, 0.15) is 0 Å². The van der Waals surface area contributed by atoms with Gasteiger partial charge in [-0.25, -0.2) is 0 Å². The molecule has 0 aromatic rings. The van der Waals surface area contributed by atoms with Crippen LogP contribution in [0.5, 0.6) is 0 Å². The zero-order valence-corrected chi connectivity index (χ0v) is 16.5. The molecule has 0 saturated carbocycles. The Morgan fingerprint density at radius 2 is 0.857 bits per heavy atom. The molecule has 0 aromatic heterocycles. The van der Waals surface area contributed by atoms with Gasteiger partial charge < -0.3 is 5.11 Å². The molecule has 0 fully saturated rings. The van der Waals surface area contributed by atoms with Crippen LogP contribution < -0.4 is 5.11 Å². The predicted octanol–water partition coefficient (Wildman–Crippen LogP) is 6.00. The summed E-state index contributed by atoms with van der Waals surface area (Å²) in [6.07, 6.45) is 18.4. The van der Waals surface area contributed by atoms with Gasteiger partial charge in [-0.05, 0) is 0 Å². The van der Waals surface area contributed by atoms with E-state index in [2.05, 4.69) is 13.8 Å². The van der Waals surface area contributed by atoms with Crippen molar-refractivity contribution in [1.29, 1.82) is 0 Å². The third-order valence-electron chi connectivity index (χ3n) is 3.73. The minimum atomic E-state index is 0.0694. The smallest absolute Gasteiger partial charge is 0.0667 e. The Morgan fingerprint density at radius 3 is 1.19 bits per heavy atom. The normalized spacial score (nSPS) is 9.90. The fourth-order valence-electron chi connectivity index (χ4n) is 2.28. The SMILES string of the molecule is CCCCCCC[CH2][Al+][CH2]CCCCCCC.CCC[O-]. The largest absolute Gasteiger partial charge is 0.854 e. The Hall–Kier alpha value is 0.492. The molecule has 0 atom stereocenters. The van der Waals surface area contributed by atoms with Crippen molar-refractivity contribution in [1.82, 2.24) is 0 Å². The molecule has 0 aliphatic heterocycles. The molecule has 0 unspecified atom stereocenters. The Balaban J connectivity index is 0. The maximum Gasteiger partial charge on any atom is -0.0667 e. The van der Waals surface area contributed by atoms with Crippen LogP contribution in [0.2, 0.25) is 10.6 Å². The van der Waals surface area contributed by atoms with E-state index in [0.717, 1.165) is 21.6 Å². The van der Waals surface area contributed by atoms with Crippen molar-refractivity contribution in [2.24, 2.45) is 0 Å². The molecular formula is C19H41AlO. The summed E-state index contributed by atoms with van der Waals surface area (Å²) in [7, 11) is 0. The van der Waals surface area contributed by atoms with Gasteiger partial charge in [0, 0.05) is 0 Å². The molecule has 2 heteroatoms. The minimum Gasteiger partial charge on any atom is -0.854 e. The van der Waals surface area contributed by atoms with E-state index in [9.17, 15) is 5.11 Å². The molecule has 126 valence electrons. The first-order chi connectivity index (χ1) is 10.3. The average molecular weight is 313 g/mol. The maximum absolute atomic E-state index is 9.30. The number of hydrogen-bond acceptors (Lipinski definition) is 1. The molecule has 0 radical (unpaired) electrons. The first kappa shape index (κ1) is 23.8. The molecule has 0 heterocycles. The van der Waals surface area contributed by atoms with E-state index in [4.69, 9.17) is 0 Å². The van der Waals surface area contributed by atoms with Crippen molar-refractivity contribution in [2.45, 2.75) is 115 Å². The van der Waals surface area contributed by atoms with Gasteiger partial charge >= 0.3 is 117 Å². The summed E-state index contributed by atoms with van der Waals surface area (Å²) in [4.78, 5) is 0. The Bertz CT molecular complexity index is 135. The van der Waals surface area contributed by atoms with Gasteiger partial charge in [0.25, 0.3) is 0 Å².